The number of sulfonamides is 1. The van der Waals surface area contributed by atoms with Crippen LogP contribution in [-0.2, 0) is 25.9 Å². The first-order valence-corrected chi connectivity index (χ1v) is 16.0. The molecule has 222 valence electrons. The van der Waals surface area contributed by atoms with Crippen molar-refractivity contribution in [2.45, 2.75) is 74.2 Å². The van der Waals surface area contributed by atoms with Crippen molar-refractivity contribution in [3.8, 4) is 5.75 Å². The summed E-state index contributed by atoms with van der Waals surface area (Å²) in [6, 6.07) is 15.2. The van der Waals surface area contributed by atoms with Gasteiger partial charge in [0.05, 0.1) is 23.1 Å². The highest BCUT2D eigenvalue weighted by Gasteiger charge is 2.40. The highest BCUT2D eigenvalue weighted by Crippen LogP contribution is 2.37. The first kappa shape index (κ1) is 29.6. The first-order chi connectivity index (χ1) is 19.9. The molecule has 2 aromatic carbocycles. The van der Waals surface area contributed by atoms with Crippen molar-refractivity contribution in [2.24, 2.45) is 5.92 Å². The summed E-state index contributed by atoms with van der Waals surface area (Å²) in [4.78, 5) is 13.1. The number of benzene rings is 2. The fraction of sp³-hybridized carbons (Fsp3) is 0.516. The zero-order chi connectivity index (χ0) is 28.7. The number of nitrogens with one attached hydrogen (secondary N) is 1. The predicted octanol–water partition coefficient (Wildman–Crippen LogP) is 4.06. The topological polar surface area (TPSA) is 114 Å². The van der Waals surface area contributed by atoms with E-state index in [9.17, 15) is 18.3 Å². The van der Waals surface area contributed by atoms with E-state index < -0.39 is 28.3 Å². The molecular formula is C31H40N2O7S. The zero-order valence-electron chi connectivity index (χ0n) is 23.3. The quantitative estimate of drug-likeness (QED) is 0.472. The number of rotatable bonds is 7. The van der Waals surface area contributed by atoms with Gasteiger partial charge in [-0.3, -0.25) is 0 Å². The fourth-order valence-corrected chi connectivity index (χ4v) is 7.43. The van der Waals surface area contributed by atoms with Gasteiger partial charge < -0.3 is 24.6 Å². The van der Waals surface area contributed by atoms with Crippen LogP contribution in [0.3, 0.4) is 0 Å². The Labute approximate surface area is 242 Å². The van der Waals surface area contributed by atoms with Crippen LogP contribution >= 0.6 is 0 Å². The third kappa shape index (κ3) is 7.88. The molecule has 0 aromatic heterocycles. The van der Waals surface area contributed by atoms with Gasteiger partial charge in [-0.25, -0.2) is 13.2 Å². The minimum atomic E-state index is -3.94. The normalized spacial score (nSPS) is 25.9. The van der Waals surface area contributed by atoms with Crippen LogP contribution in [-0.4, -0.2) is 74.6 Å². The predicted molar refractivity (Wildman–Crippen MR) is 154 cm³/mol. The molecule has 2 heterocycles. The lowest BCUT2D eigenvalue weighted by Gasteiger charge is -2.30. The van der Waals surface area contributed by atoms with Crippen molar-refractivity contribution in [3.05, 3.63) is 72.3 Å². The number of ether oxygens (including phenoxy) is 3. The maximum Gasteiger partial charge on any atom is 0.407 e. The molecule has 1 saturated heterocycles. The number of hydrogen-bond donors (Lipinski definition) is 2. The van der Waals surface area contributed by atoms with Crippen molar-refractivity contribution in [3.63, 3.8) is 0 Å². The van der Waals surface area contributed by atoms with Gasteiger partial charge in [0.25, 0.3) is 0 Å². The maximum absolute atomic E-state index is 13.8. The summed E-state index contributed by atoms with van der Waals surface area (Å²) in [5.41, 5.74) is 0.907. The van der Waals surface area contributed by atoms with E-state index in [2.05, 4.69) is 5.32 Å². The second-order valence-electron chi connectivity index (χ2n) is 11.1. The molecule has 9 nitrogen and oxygen atoms in total. The van der Waals surface area contributed by atoms with Gasteiger partial charge in [-0.15, -0.1) is 0 Å². The largest absolute Gasteiger partial charge is 0.490 e. The van der Waals surface area contributed by atoms with Crippen LogP contribution in [0.2, 0.25) is 0 Å². The maximum atomic E-state index is 13.8. The van der Waals surface area contributed by atoms with Crippen LogP contribution in [0, 0.1) is 5.92 Å². The van der Waals surface area contributed by atoms with Crippen LogP contribution < -0.4 is 10.1 Å². The van der Waals surface area contributed by atoms with Crippen LogP contribution in [0.4, 0.5) is 4.79 Å². The summed E-state index contributed by atoms with van der Waals surface area (Å²) in [5, 5.41) is 14.3. The Morgan fingerprint density at radius 2 is 1.95 bits per heavy atom. The molecule has 5 rings (SSSR count). The SMILES string of the molecule is O=C(N[C@@H](Cc1ccccc1)[C@H](O)CN1CCCCC=CCOc2cccc(c2)S1(=O)=O)O[C@@H]1CC2CCO[C@@H]2C1. The van der Waals surface area contributed by atoms with Crippen molar-refractivity contribution < 1.29 is 32.5 Å². The van der Waals surface area contributed by atoms with Crippen LogP contribution in [0.1, 0.15) is 44.1 Å². The van der Waals surface area contributed by atoms with Crippen molar-refractivity contribution >= 4 is 16.1 Å². The average molecular weight is 585 g/mol. The molecule has 2 aliphatic heterocycles. The van der Waals surface area contributed by atoms with E-state index in [1.807, 2.05) is 42.5 Å². The van der Waals surface area contributed by atoms with Gasteiger partial charge in [0.2, 0.25) is 10.0 Å². The van der Waals surface area contributed by atoms with Crippen LogP contribution in [0.25, 0.3) is 0 Å². The second kappa shape index (κ2) is 13.8. The molecule has 1 saturated carbocycles. The Hall–Kier alpha value is -2.92. The summed E-state index contributed by atoms with van der Waals surface area (Å²) in [5.74, 6) is 0.879. The minimum absolute atomic E-state index is 0.103. The first-order valence-electron chi connectivity index (χ1n) is 14.6. The zero-order valence-corrected chi connectivity index (χ0v) is 24.1. The van der Waals surface area contributed by atoms with Crippen LogP contribution in [0.15, 0.2) is 71.6 Å². The van der Waals surface area contributed by atoms with Gasteiger partial charge in [0.15, 0.2) is 0 Å². The molecule has 2 N–H and O–H groups in total. The number of alkyl carbamates (subject to hydrolysis) is 1. The van der Waals surface area contributed by atoms with Crippen molar-refractivity contribution in [1.29, 1.82) is 0 Å². The average Bonchev–Trinajstić information content (AvgIpc) is 3.55. The molecule has 5 atom stereocenters. The Bertz CT molecular complexity index is 1270. The molecule has 2 bridgehead atoms. The number of aliphatic hydroxyl groups excluding tert-OH is 1. The summed E-state index contributed by atoms with van der Waals surface area (Å²) in [7, 11) is -3.94. The Morgan fingerprint density at radius 3 is 2.78 bits per heavy atom. The summed E-state index contributed by atoms with van der Waals surface area (Å²) >= 11 is 0. The molecule has 1 amide bonds. The minimum Gasteiger partial charge on any atom is -0.490 e. The molecule has 41 heavy (non-hydrogen) atoms. The molecule has 1 aliphatic carbocycles. The van der Waals surface area contributed by atoms with E-state index in [1.54, 1.807) is 12.1 Å². The number of carbonyl (C=O) groups excluding carboxylic acids is 1. The molecule has 2 aromatic rings. The number of allylic oxidation sites excluding steroid dienone is 1. The van der Waals surface area contributed by atoms with Crippen molar-refractivity contribution in [1.82, 2.24) is 9.62 Å². The van der Waals surface area contributed by atoms with Gasteiger partial charge in [0.1, 0.15) is 18.5 Å². The third-order valence-electron chi connectivity index (χ3n) is 8.12. The second-order valence-corrected chi connectivity index (χ2v) is 13.0. The van der Waals surface area contributed by atoms with Crippen LogP contribution in [0.5, 0.6) is 5.75 Å². The number of carbonyl (C=O) groups is 1. The van der Waals surface area contributed by atoms with Gasteiger partial charge >= 0.3 is 6.09 Å². The number of amides is 1. The Balaban J connectivity index is 1.32. The number of nitrogens with zero attached hydrogens (tertiary/aromatic N) is 1. The molecule has 1 unspecified atom stereocenters. The van der Waals surface area contributed by atoms with Gasteiger partial charge in [-0.2, -0.15) is 4.31 Å². The van der Waals surface area contributed by atoms with Gasteiger partial charge in [-0.05, 0) is 62.1 Å². The van der Waals surface area contributed by atoms with E-state index in [1.165, 1.54) is 16.4 Å². The highest BCUT2D eigenvalue weighted by molar-refractivity contribution is 7.89. The van der Waals surface area contributed by atoms with Gasteiger partial charge in [0, 0.05) is 32.2 Å². The number of β-amino-alcohol motifs (C(OH)–C–C–N with tert-alkyl or cyclic N) is 1. The van der Waals surface area contributed by atoms with E-state index in [0.29, 0.717) is 37.5 Å². The number of aliphatic hydroxyl groups is 1. The van der Waals surface area contributed by atoms with E-state index in [0.717, 1.165) is 37.9 Å². The van der Waals surface area contributed by atoms with E-state index in [-0.39, 0.29) is 30.2 Å². The molecule has 3 aliphatic rings. The lowest BCUT2D eigenvalue weighted by atomic mass is 10.0. The fourth-order valence-electron chi connectivity index (χ4n) is 5.90. The molecular weight excluding hydrogens is 544 g/mol. The molecule has 10 heteroatoms. The molecule has 2 fully saturated rings. The third-order valence-corrected chi connectivity index (χ3v) is 9.98. The van der Waals surface area contributed by atoms with E-state index >= 15 is 0 Å². The molecule has 0 radical (unpaired) electrons. The number of hydrogen-bond acceptors (Lipinski definition) is 7. The lowest BCUT2D eigenvalue weighted by Crippen LogP contribution is -2.51. The molecule has 0 spiro atoms. The summed E-state index contributed by atoms with van der Waals surface area (Å²) in [6.07, 6.45) is 7.05. The van der Waals surface area contributed by atoms with E-state index in [4.69, 9.17) is 14.2 Å². The lowest BCUT2D eigenvalue weighted by molar-refractivity contribution is 0.0557. The number of fused-ring (bicyclic) bond motifs is 3. The summed E-state index contributed by atoms with van der Waals surface area (Å²) < 4.78 is 46.1. The Morgan fingerprint density at radius 1 is 1.10 bits per heavy atom. The highest BCUT2D eigenvalue weighted by atomic mass is 32.2. The Kier molecular flexibility index (Phi) is 9.97. The standard InChI is InChI=1S/C31H40N2O7S/c34-29(22-33-15-7-2-1-3-8-16-38-25-12-9-13-27(20-25)41(33,36)37)28(18-23-10-5-4-6-11-23)32-31(35)40-26-19-24-14-17-39-30(24)21-26/h3-6,8-13,20,24,26,28-30,34H,1-2,7,14-19,21-22H2,(H,32,35)/t24?,26-,28+,29-,30-/m1/s1. The monoisotopic (exact) mass is 584 g/mol. The van der Waals surface area contributed by atoms with Gasteiger partial charge in [-0.1, -0.05) is 48.6 Å². The summed E-state index contributed by atoms with van der Waals surface area (Å²) in [6.45, 7) is 1.19. The smallest absolute Gasteiger partial charge is 0.407 e. The van der Waals surface area contributed by atoms with Crippen molar-refractivity contribution in [2.75, 3.05) is 26.3 Å².